The van der Waals surface area contributed by atoms with E-state index < -0.39 is 17.6 Å². The van der Waals surface area contributed by atoms with Gasteiger partial charge in [0.2, 0.25) is 0 Å². The third kappa shape index (κ3) is 4.42. The molecule has 18 heavy (non-hydrogen) atoms. The number of aliphatic hydroxyl groups is 1. The summed E-state index contributed by atoms with van der Waals surface area (Å²) in [4.78, 5) is 21.9. The van der Waals surface area contributed by atoms with Gasteiger partial charge in [-0.3, -0.25) is 4.68 Å². The maximum absolute atomic E-state index is 11.3. The van der Waals surface area contributed by atoms with E-state index in [1.165, 1.54) is 0 Å². The normalized spacial score (nSPS) is 13.7. The smallest absolute Gasteiger partial charge is 0.337 e. The number of aromatic nitrogens is 2. The molecule has 2 amide bonds. The quantitative estimate of drug-likeness (QED) is 0.522. The van der Waals surface area contributed by atoms with Crippen molar-refractivity contribution < 1.29 is 19.8 Å². The molecule has 1 heterocycles. The van der Waals surface area contributed by atoms with Gasteiger partial charge in [-0.1, -0.05) is 0 Å². The number of carboxylic acid groups (broad SMARTS) is 1. The predicted molar refractivity (Wildman–Crippen MR) is 61.9 cm³/mol. The number of carboxylic acids is 1. The number of nitrogens with zero attached hydrogens (tertiary/aromatic N) is 2. The molecule has 1 unspecified atom stereocenters. The van der Waals surface area contributed by atoms with Crippen molar-refractivity contribution in [1.29, 1.82) is 0 Å². The highest BCUT2D eigenvalue weighted by Gasteiger charge is 2.30. The molecule has 100 valence electrons. The molecule has 0 spiro atoms. The minimum absolute atomic E-state index is 0.350. The Kier molecular flexibility index (Phi) is 4.67. The van der Waals surface area contributed by atoms with Crippen LogP contribution in [0.4, 0.5) is 4.79 Å². The molecule has 0 aliphatic carbocycles. The Morgan fingerprint density at radius 1 is 1.44 bits per heavy atom. The van der Waals surface area contributed by atoms with E-state index in [4.69, 9.17) is 5.11 Å². The van der Waals surface area contributed by atoms with E-state index in [2.05, 4.69) is 15.7 Å². The molecular weight excluding hydrogens is 240 g/mol. The lowest BCUT2D eigenvalue weighted by atomic mass is 10.1. The molecule has 0 radical (unpaired) electrons. The van der Waals surface area contributed by atoms with Crippen molar-refractivity contribution in [3.8, 4) is 0 Å². The van der Waals surface area contributed by atoms with Crippen LogP contribution in [-0.4, -0.2) is 50.7 Å². The molecule has 1 aromatic rings. The lowest BCUT2D eigenvalue weighted by molar-refractivity contribution is -0.155. The van der Waals surface area contributed by atoms with Gasteiger partial charge in [0.1, 0.15) is 0 Å². The van der Waals surface area contributed by atoms with Crippen LogP contribution < -0.4 is 10.6 Å². The Morgan fingerprint density at radius 2 is 2.17 bits per heavy atom. The van der Waals surface area contributed by atoms with Gasteiger partial charge in [0.15, 0.2) is 5.60 Å². The summed E-state index contributed by atoms with van der Waals surface area (Å²) >= 11 is 0. The fourth-order valence-electron chi connectivity index (χ4n) is 1.11. The first kappa shape index (κ1) is 14.0. The molecule has 0 aliphatic heterocycles. The van der Waals surface area contributed by atoms with Crippen molar-refractivity contribution in [2.24, 2.45) is 0 Å². The predicted octanol–water partition coefficient (Wildman–Crippen LogP) is -0.982. The van der Waals surface area contributed by atoms with E-state index in [-0.39, 0.29) is 6.54 Å². The van der Waals surface area contributed by atoms with Crippen molar-refractivity contribution in [3.63, 3.8) is 0 Å². The lowest BCUT2D eigenvalue weighted by Gasteiger charge is -2.18. The molecule has 1 rings (SSSR count). The largest absolute Gasteiger partial charge is 0.479 e. The molecule has 0 aromatic carbocycles. The third-order valence-corrected chi connectivity index (χ3v) is 2.24. The van der Waals surface area contributed by atoms with Crippen molar-refractivity contribution >= 4 is 12.0 Å². The highest BCUT2D eigenvalue weighted by molar-refractivity contribution is 5.79. The molecular formula is C10H16N4O4. The first-order chi connectivity index (χ1) is 8.42. The Labute approximate surface area is 104 Å². The summed E-state index contributed by atoms with van der Waals surface area (Å²) in [5.41, 5.74) is -1.97. The van der Waals surface area contributed by atoms with Crippen LogP contribution in [-0.2, 0) is 11.3 Å². The number of amides is 2. The summed E-state index contributed by atoms with van der Waals surface area (Å²) in [6.07, 6.45) is 3.39. The van der Waals surface area contributed by atoms with Crippen LogP contribution in [0.25, 0.3) is 0 Å². The van der Waals surface area contributed by atoms with E-state index >= 15 is 0 Å². The number of nitrogens with one attached hydrogen (secondary N) is 2. The van der Waals surface area contributed by atoms with Crippen LogP contribution in [0, 0.1) is 0 Å². The lowest BCUT2D eigenvalue weighted by Crippen LogP contribution is -2.49. The minimum Gasteiger partial charge on any atom is -0.479 e. The summed E-state index contributed by atoms with van der Waals surface area (Å²) in [6, 6.07) is 1.23. The molecule has 0 saturated heterocycles. The summed E-state index contributed by atoms with van der Waals surface area (Å²) in [7, 11) is 0. The van der Waals surface area contributed by atoms with E-state index in [9.17, 15) is 14.7 Å². The highest BCUT2D eigenvalue weighted by Crippen LogP contribution is 2.00. The monoisotopic (exact) mass is 256 g/mol. The highest BCUT2D eigenvalue weighted by atomic mass is 16.4. The SMILES string of the molecule is CC(O)(CNC(=O)NCCn1cccn1)C(=O)O. The maximum Gasteiger partial charge on any atom is 0.337 e. The van der Waals surface area contributed by atoms with Crippen LogP contribution in [0.5, 0.6) is 0 Å². The number of carbonyl (C=O) groups is 2. The molecule has 1 atom stereocenters. The zero-order chi connectivity index (χ0) is 13.6. The Hall–Kier alpha value is -2.09. The van der Waals surface area contributed by atoms with Gasteiger partial charge in [0.05, 0.1) is 13.1 Å². The summed E-state index contributed by atoms with van der Waals surface area (Å²) < 4.78 is 1.65. The molecule has 0 aliphatic rings. The fourth-order valence-corrected chi connectivity index (χ4v) is 1.11. The number of hydrogen-bond acceptors (Lipinski definition) is 4. The summed E-state index contributed by atoms with van der Waals surface area (Å²) in [5, 5.41) is 26.7. The Bertz CT molecular complexity index is 402. The van der Waals surface area contributed by atoms with Crippen LogP contribution in [0.1, 0.15) is 6.92 Å². The van der Waals surface area contributed by atoms with Gasteiger partial charge in [0, 0.05) is 18.9 Å². The van der Waals surface area contributed by atoms with Gasteiger partial charge in [-0.25, -0.2) is 9.59 Å². The van der Waals surface area contributed by atoms with Gasteiger partial charge in [-0.15, -0.1) is 0 Å². The zero-order valence-electron chi connectivity index (χ0n) is 9.96. The van der Waals surface area contributed by atoms with Gasteiger partial charge < -0.3 is 20.8 Å². The molecule has 8 nitrogen and oxygen atoms in total. The summed E-state index contributed by atoms with van der Waals surface area (Å²) in [5.74, 6) is -1.39. The van der Waals surface area contributed by atoms with Crippen molar-refractivity contribution in [2.45, 2.75) is 19.1 Å². The molecule has 0 fully saturated rings. The Morgan fingerprint density at radius 3 is 2.72 bits per heavy atom. The van der Waals surface area contributed by atoms with Crippen molar-refractivity contribution in [2.75, 3.05) is 13.1 Å². The first-order valence-corrected chi connectivity index (χ1v) is 5.37. The number of hydrogen-bond donors (Lipinski definition) is 4. The second-order valence-corrected chi connectivity index (χ2v) is 3.96. The van der Waals surface area contributed by atoms with Crippen LogP contribution in [0.3, 0.4) is 0 Å². The van der Waals surface area contributed by atoms with Crippen molar-refractivity contribution in [3.05, 3.63) is 18.5 Å². The number of rotatable bonds is 6. The molecule has 4 N–H and O–H groups in total. The third-order valence-electron chi connectivity index (χ3n) is 2.24. The standard InChI is InChI=1S/C10H16N4O4/c1-10(18,8(15)16)7-12-9(17)11-4-6-14-5-2-3-13-14/h2-3,5,18H,4,6-7H2,1H3,(H,15,16)(H2,11,12,17). The first-order valence-electron chi connectivity index (χ1n) is 5.37. The van der Waals surface area contributed by atoms with Crippen LogP contribution in [0.2, 0.25) is 0 Å². The van der Waals surface area contributed by atoms with E-state index in [0.29, 0.717) is 13.1 Å². The van der Waals surface area contributed by atoms with E-state index in [0.717, 1.165) is 6.92 Å². The average Bonchev–Trinajstić information content (AvgIpc) is 2.79. The van der Waals surface area contributed by atoms with E-state index in [1.807, 2.05) is 0 Å². The van der Waals surface area contributed by atoms with Gasteiger partial charge in [-0.05, 0) is 13.0 Å². The molecule has 0 saturated carbocycles. The van der Waals surface area contributed by atoms with Crippen LogP contribution in [0.15, 0.2) is 18.5 Å². The molecule has 0 bridgehead atoms. The zero-order valence-corrected chi connectivity index (χ0v) is 9.96. The topological polar surface area (TPSA) is 116 Å². The molecule has 8 heteroatoms. The number of carbonyl (C=O) groups excluding carboxylic acids is 1. The minimum atomic E-state index is -1.97. The summed E-state index contributed by atoms with van der Waals surface area (Å²) in [6.45, 7) is 1.60. The van der Waals surface area contributed by atoms with Gasteiger partial charge in [0.25, 0.3) is 0 Å². The van der Waals surface area contributed by atoms with Crippen molar-refractivity contribution in [1.82, 2.24) is 20.4 Å². The van der Waals surface area contributed by atoms with Gasteiger partial charge >= 0.3 is 12.0 Å². The Balaban J connectivity index is 2.20. The maximum atomic E-state index is 11.3. The second-order valence-electron chi connectivity index (χ2n) is 3.96. The number of aliphatic carboxylic acids is 1. The average molecular weight is 256 g/mol. The second kappa shape index (κ2) is 6.01. The molecule has 1 aromatic heterocycles. The van der Waals surface area contributed by atoms with E-state index in [1.54, 1.807) is 23.1 Å². The van der Waals surface area contributed by atoms with Crippen LogP contribution >= 0.6 is 0 Å². The number of urea groups is 1. The van der Waals surface area contributed by atoms with Gasteiger partial charge in [-0.2, -0.15) is 5.10 Å². The fraction of sp³-hybridized carbons (Fsp3) is 0.500.